The van der Waals surface area contributed by atoms with E-state index in [1.54, 1.807) is 10.9 Å². The molecule has 0 saturated heterocycles. The predicted molar refractivity (Wildman–Crippen MR) is 131 cm³/mol. The van der Waals surface area contributed by atoms with Gasteiger partial charge in [0.25, 0.3) is 0 Å². The smallest absolute Gasteiger partial charge is 0.0946 e. The Morgan fingerprint density at radius 2 is 1.50 bits per heavy atom. The Labute approximate surface area is 178 Å². The molecule has 30 heavy (non-hydrogen) atoms. The Kier molecular flexibility index (Phi) is 4.25. The molecule has 1 aliphatic heterocycles. The Balaban J connectivity index is 1.47. The number of rotatable bonds is 3. The van der Waals surface area contributed by atoms with E-state index >= 15 is 0 Å². The minimum Gasteiger partial charge on any atom is -0.358 e. The highest BCUT2D eigenvalue weighted by molar-refractivity contribution is 7.81. The van der Waals surface area contributed by atoms with Crippen molar-refractivity contribution in [1.29, 1.82) is 0 Å². The molecule has 1 aliphatic rings. The average molecular weight is 406 g/mol. The van der Waals surface area contributed by atoms with Gasteiger partial charge in [-0.3, -0.25) is 0 Å². The average Bonchev–Trinajstić information content (AvgIpc) is 3.17. The van der Waals surface area contributed by atoms with Crippen LogP contribution in [0, 0.1) is 0 Å². The van der Waals surface area contributed by atoms with Crippen molar-refractivity contribution in [2.75, 3.05) is 6.16 Å². The molecule has 6 rings (SSSR count). The fourth-order valence-electron chi connectivity index (χ4n) is 5.23. The van der Waals surface area contributed by atoms with Crippen LogP contribution in [0.15, 0.2) is 97.1 Å². The first-order valence-electron chi connectivity index (χ1n) is 10.8. The normalized spacial score (nSPS) is 18.5. The summed E-state index contributed by atoms with van der Waals surface area (Å²) in [6.07, 6.45) is 4.81. The number of benzene rings is 4. The molecule has 1 aromatic heterocycles. The molecule has 0 spiro atoms. The summed E-state index contributed by atoms with van der Waals surface area (Å²) in [6.45, 7) is 0. The lowest BCUT2D eigenvalue weighted by atomic mass is 10.1. The van der Waals surface area contributed by atoms with Crippen molar-refractivity contribution in [2.24, 2.45) is 0 Å². The quantitative estimate of drug-likeness (QED) is 0.313. The SMILES string of the molecule is c1ccc([P+]2(Cc3ccc4ccccc4c3)CCc3[nH]c4ccccc4c3C2)cc1. The van der Waals surface area contributed by atoms with Crippen LogP contribution < -0.4 is 5.30 Å². The van der Waals surface area contributed by atoms with Gasteiger partial charge in [0, 0.05) is 28.6 Å². The molecule has 0 fully saturated rings. The molecule has 0 saturated carbocycles. The second kappa shape index (κ2) is 7.11. The van der Waals surface area contributed by atoms with E-state index in [1.807, 2.05) is 0 Å². The van der Waals surface area contributed by atoms with Crippen LogP contribution in [0.2, 0.25) is 0 Å². The van der Waals surface area contributed by atoms with Crippen LogP contribution in [0.3, 0.4) is 0 Å². The van der Waals surface area contributed by atoms with E-state index in [1.165, 1.54) is 51.4 Å². The van der Waals surface area contributed by atoms with E-state index in [9.17, 15) is 0 Å². The highest BCUT2D eigenvalue weighted by Gasteiger charge is 2.44. The lowest BCUT2D eigenvalue weighted by Crippen LogP contribution is -2.23. The van der Waals surface area contributed by atoms with Gasteiger partial charge in [0.05, 0.1) is 31.1 Å². The van der Waals surface area contributed by atoms with Crippen LogP contribution in [0.4, 0.5) is 0 Å². The molecule has 0 bridgehead atoms. The van der Waals surface area contributed by atoms with Crippen molar-refractivity contribution in [3.8, 4) is 0 Å². The number of nitrogens with one attached hydrogen (secondary N) is 1. The Bertz CT molecular complexity index is 1350. The van der Waals surface area contributed by atoms with Crippen LogP contribution in [0.5, 0.6) is 0 Å². The summed E-state index contributed by atoms with van der Waals surface area (Å²) in [4.78, 5) is 3.71. The van der Waals surface area contributed by atoms with E-state index in [0.29, 0.717) is 0 Å². The molecule has 0 amide bonds. The molecular weight excluding hydrogens is 381 g/mol. The highest BCUT2D eigenvalue weighted by atomic mass is 31.2. The first kappa shape index (κ1) is 17.9. The number of aromatic amines is 1. The summed E-state index contributed by atoms with van der Waals surface area (Å²) in [5, 5.41) is 5.68. The number of hydrogen-bond donors (Lipinski definition) is 1. The lowest BCUT2D eigenvalue weighted by Gasteiger charge is -2.31. The maximum Gasteiger partial charge on any atom is 0.0946 e. The van der Waals surface area contributed by atoms with E-state index in [2.05, 4.69) is 102 Å². The van der Waals surface area contributed by atoms with E-state index < -0.39 is 7.26 Å². The molecule has 2 heterocycles. The number of para-hydroxylation sites is 1. The van der Waals surface area contributed by atoms with Crippen molar-refractivity contribution < 1.29 is 0 Å². The molecular formula is C28H25NP+. The zero-order valence-electron chi connectivity index (χ0n) is 17.0. The van der Waals surface area contributed by atoms with Crippen LogP contribution in [-0.2, 0) is 18.7 Å². The van der Waals surface area contributed by atoms with Crippen molar-refractivity contribution >= 4 is 34.2 Å². The van der Waals surface area contributed by atoms with Gasteiger partial charge in [-0.25, -0.2) is 0 Å². The Morgan fingerprint density at radius 1 is 0.733 bits per heavy atom. The van der Waals surface area contributed by atoms with Crippen LogP contribution in [0.1, 0.15) is 16.8 Å². The van der Waals surface area contributed by atoms with Crippen molar-refractivity contribution in [2.45, 2.75) is 18.7 Å². The lowest BCUT2D eigenvalue weighted by molar-refractivity contribution is 1.00. The third kappa shape index (κ3) is 2.97. The molecule has 1 atom stereocenters. The largest absolute Gasteiger partial charge is 0.358 e. The summed E-state index contributed by atoms with van der Waals surface area (Å²) in [5.74, 6) is 0. The number of hydrogen-bond acceptors (Lipinski definition) is 0. The number of aryl methyl sites for hydroxylation is 1. The number of fused-ring (bicyclic) bond motifs is 4. The second-order valence-corrected chi connectivity index (χ2v) is 12.5. The zero-order chi connectivity index (χ0) is 20.0. The second-order valence-electron chi connectivity index (χ2n) is 8.58. The van der Waals surface area contributed by atoms with Crippen LogP contribution in [0.25, 0.3) is 21.7 Å². The zero-order valence-corrected chi connectivity index (χ0v) is 17.9. The van der Waals surface area contributed by atoms with Gasteiger partial charge in [-0.2, -0.15) is 0 Å². The van der Waals surface area contributed by atoms with Crippen molar-refractivity contribution in [3.63, 3.8) is 0 Å². The summed E-state index contributed by atoms with van der Waals surface area (Å²) in [6, 6.07) is 36.0. The molecule has 0 aliphatic carbocycles. The minimum absolute atomic E-state index is 1.15. The minimum atomic E-state index is -1.37. The monoisotopic (exact) mass is 406 g/mol. The van der Waals surface area contributed by atoms with Crippen LogP contribution in [-0.4, -0.2) is 11.1 Å². The topological polar surface area (TPSA) is 15.8 Å². The summed E-state index contributed by atoms with van der Waals surface area (Å²) in [7, 11) is -1.37. The van der Waals surface area contributed by atoms with Gasteiger partial charge < -0.3 is 4.98 Å². The third-order valence-electron chi connectivity index (χ3n) is 6.76. The van der Waals surface area contributed by atoms with E-state index in [-0.39, 0.29) is 0 Å². The van der Waals surface area contributed by atoms with Crippen LogP contribution >= 0.6 is 7.26 Å². The summed E-state index contributed by atoms with van der Waals surface area (Å²) < 4.78 is 0. The van der Waals surface area contributed by atoms with E-state index in [4.69, 9.17) is 0 Å². The fraction of sp³-hybridized carbons (Fsp3) is 0.143. The standard InChI is InChI=1S/C28H25NP/c1-2-10-24(11-3-1)30(19-21-14-15-22-8-4-5-9-23(22)18-21)17-16-28-26(20-30)25-12-6-7-13-27(25)29-28/h1-15,18,29H,16-17,19-20H2/q+1. The van der Waals surface area contributed by atoms with Gasteiger partial charge >= 0.3 is 0 Å². The van der Waals surface area contributed by atoms with Gasteiger partial charge in [0.2, 0.25) is 0 Å². The molecule has 5 aromatic rings. The number of aromatic nitrogens is 1. The summed E-state index contributed by atoms with van der Waals surface area (Å²) in [5.41, 5.74) is 5.80. The first-order valence-corrected chi connectivity index (χ1v) is 13.1. The Hall–Kier alpha value is -2.89. The first-order chi connectivity index (χ1) is 14.8. The molecule has 2 heteroatoms. The highest BCUT2D eigenvalue weighted by Crippen LogP contribution is 2.66. The van der Waals surface area contributed by atoms with Crippen molar-refractivity contribution in [1.82, 2.24) is 4.98 Å². The maximum atomic E-state index is 3.71. The van der Waals surface area contributed by atoms with Crippen molar-refractivity contribution in [3.05, 3.63) is 114 Å². The van der Waals surface area contributed by atoms with Gasteiger partial charge in [0.1, 0.15) is 0 Å². The van der Waals surface area contributed by atoms with E-state index in [0.717, 1.165) is 6.42 Å². The molecule has 1 nitrogen and oxygen atoms in total. The maximum absolute atomic E-state index is 3.71. The third-order valence-corrected chi connectivity index (χ3v) is 11.1. The number of H-pyrrole nitrogens is 1. The molecule has 1 unspecified atom stereocenters. The van der Waals surface area contributed by atoms with Gasteiger partial charge in [-0.1, -0.05) is 72.8 Å². The Morgan fingerprint density at radius 3 is 2.40 bits per heavy atom. The van der Waals surface area contributed by atoms with Gasteiger partial charge in [-0.05, 0) is 40.6 Å². The molecule has 0 radical (unpaired) electrons. The fourth-order valence-corrected chi connectivity index (χ4v) is 9.60. The van der Waals surface area contributed by atoms with Gasteiger partial charge in [0.15, 0.2) is 0 Å². The predicted octanol–water partition coefficient (Wildman–Crippen LogP) is 6.92. The van der Waals surface area contributed by atoms with Gasteiger partial charge in [-0.15, -0.1) is 0 Å². The molecule has 4 aromatic carbocycles. The molecule has 1 N–H and O–H groups in total. The summed E-state index contributed by atoms with van der Waals surface area (Å²) >= 11 is 0. The molecule has 146 valence electrons.